The van der Waals surface area contributed by atoms with Crippen LogP contribution in [0.4, 0.5) is 0 Å². The zero-order chi connectivity index (χ0) is 15.0. The van der Waals surface area contributed by atoms with Gasteiger partial charge in [0.2, 0.25) is 10.0 Å². The smallest absolute Gasteiger partial charge is 0.211 e. The summed E-state index contributed by atoms with van der Waals surface area (Å²) < 4.78 is 25.0. The van der Waals surface area contributed by atoms with Crippen LogP contribution in [0.25, 0.3) is 0 Å². The molecule has 2 rings (SSSR count). The zero-order valence-electron chi connectivity index (χ0n) is 13.1. The summed E-state index contributed by atoms with van der Waals surface area (Å²) in [5, 5.41) is 11.1. The molecular formula is C15H29NO3S. The fraction of sp³-hybridized carbons (Fsp3) is 1.00. The van der Waals surface area contributed by atoms with Crippen LogP contribution in [0, 0.1) is 11.3 Å². The van der Waals surface area contributed by atoms with Crippen LogP contribution >= 0.6 is 0 Å². The van der Waals surface area contributed by atoms with E-state index in [0.29, 0.717) is 19.0 Å². The molecule has 0 amide bonds. The molecule has 20 heavy (non-hydrogen) atoms. The molecule has 1 N–H and O–H groups in total. The Morgan fingerprint density at radius 2 is 1.85 bits per heavy atom. The summed E-state index contributed by atoms with van der Waals surface area (Å²) in [6, 6.07) is 0. The summed E-state index contributed by atoms with van der Waals surface area (Å²) in [5.74, 6) is 0.292. The maximum atomic E-state index is 11.7. The lowest BCUT2D eigenvalue weighted by Gasteiger charge is -2.49. The fourth-order valence-electron chi connectivity index (χ4n) is 3.91. The van der Waals surface area contributed by atoms with Gasteiger partial charge in [-0.2, -0.15) is 0 Å². The standard InChI is InChI=1S/C15H29NO3S/c1-14(2)8-4-5-9-15(14,17)11-13-7-6-10-16(12-13)20(3,18)19/h13,17H,4-12H2,1-3H3. The van der Waals surface area contributed by atoms with E-state index in [1.54, 1.807) is 4.31 Å². The minimum Gasteiger partial charge on any atom is -0.389 e. The highest BCUT2D eigenvalue weighted by atomic mass is 32.2. The van der Waals surface area contributed by atoms with Crippen LogP contribution in [-0.2, 0) is 10.0 Å². The zero-order valence-corrected chi connectivity index (χ0v) is 13.9. The number of piperidine rings is 1. The quantitative estimate of drug-likeness (QED) is 0.871. The van der Waals surface area contributed by atoms with Crippen LogP contribution in [0.1, 0.15) is 58.8 Å². The summed E-state index contributed by atoms with van der Waals surface area (Å²) in [6.45, 7) is 5.53. The molecule has 0 aromatic carbocycles. The molecule has 5 heteroatoms. The lowest BCUT2D eigenvalue weighted by Crippen LogP contribution is -2.50. The lowest BCUT2D eigenvalue weighted by molar-refractivity contribution is -0.114. The predicted molar refractivity (Wildman–Crippen MR) is 81.0 cm³/mol. The monoisotopic (exact) mass is 303 g/mol. The minimum absolute atomic E-state index is 0.0569. The van der Waals surface area contributed by atoms with Crippen molar-refractivity contribution in [2.45, 2.75) is 64.4 Å². The first kappa shape index (κ1) is 16.2. The van der Waals surface area contributed by atoms with E-state index in [0.717, 1.165) is 38.5 Å². The second-order valence-corrected chi connectivity index (χ2v) is 9.44. The van der Waals surface area contributed by atoms with Crippen molar-refractivity contribution in [3.8, 4) is 0 Å². The third-order valence-corrected chi connectivity index (χ3v) is 6.75. The molecule has 4 nitrogen and oxygen atoms in total. The number of hydrogen-bond donors (Lipinski definition) is 1. The Balaban J connectivity index is 2.05. The van der Waals surface area contributed by atoms with E-state index in [-0.39, 0.29) is 5.41 Å². The molecule has 0 aromatic heterocycles. The van der Waals surface area contributed by atoms with Gasteiger partial charge in [0, 0.05) is 13.1 Å². The summed E-state index contributed by atoms with van der Waals surface area (Å²) in [7, 11) is -3.10. The van der Waals surface area contributed by atoms with Gasteiger partial charge in [-0.15, -0.1) is 0 Å². The Morgan fingerprint density at radius 3 is 2.45 bits per heavy atom. The van der Waals surface area contributed by atoms with E-state index >= 15 is 0 Å². The van der Waals surface area contributed by atoms with Gasteiger partial charge in [0.05, 0.1) is 11.9 Å². The molecule has 1 saturated heterocycles. The van der Waals surface area contributed by atoms with Gasteiger partial charge in [0.1, 0.15) is 0 Å². The van der Waals surface area contributed by atoms with Crippen LogP contribution < -0.4 is 0 Å². The van der Waals surface area contributed by atoms with Crippen molar-refractivity contribution in [1.82, 2.24) is 4.31 Å². The molecule has 1 saturated carbocycles. The highest BCUT2D eigenvalue weighted by molar-refractivity contribution is 7.88. The fourth-order valence-corrected chi connectivity index (χ4v) is 4.85. The Morgan fingerprint density at radius 1 is 1.20 bits per heavy atom. The van der Waals surface area contributed by atoms with E-state index in [9.17, 15) is 13.5 Å². The van der Waals surface area contributed by atoms with E-state index in [4.69, 9.17) is 0 Å². The number of rotatable bonds is 3. The van der Waals surface area contributed by atoms with Crippen molar-refractivity contribution in [3.05, 3.63) is 0 Å². The lowest BCUT2D eigenvalue weighted by atomic mass is 9.62. The third kappa shape index (κ3) is 3.37. The van der Waals surface area contributed by atoms with Gasteiger partial charge < -0.3 is 5.11 Å². The third-order valence-electron chi connectivity index (χ3n) is 5.48. The van der Waals surface area contributed by atoms with Gasteiger partial charge in [-0.1, -0.05) is 26.7 Å². The SMILES string of the molecule is CC1(C)CCCCC1(O)CC1CCCN(S(C)(=O)=O)C1. The minimum atomic E-state index is -3.10. The van der Waals surface area contributed by atoms with Crippen LogP contribution in [0.2, 0.25) is 0 Å². The van der Waals surface area contributed by atoms with Gasteiger partial charge in [0.15, 0.2) is 0 Å². The molecular weight excluding hydrogens is 274 g/mol. The molecule has 0 radical (unpaired) electrons. The highest BCUT2D eigenvalue weighted by Crippen LogP contribution is 2.47. The van der Waals surface area contributed by atoms with Crippen LogP contribution in [-0.4, -0.2) is 42.8 Å². The molecule has 2 fully saturated rings. The summed E-state index contributed by atoms with van der Waals surface area (Å²) in [6.07, 6.45) is 8.17. The molecule has 2 aliphatic rings. The van der Waals surface area contributed by atoms with Crippen molar-refractivity contribution >= 4 is 10.0 Å². The summed E-state index contributed by atoms with van der Waals surface area (Å²) >= 11 is 0. The van der Waals surface area contributed by atoms with Crippen LogP contribution in [0.3, 0.4) is 0 Å². The van der Waals surface area contributed by atoms with E-state index in [1.165, 1.54) is 12.7 Å². The van der Waals surface area contributed by atoms with Crippen molar-refractivity contribution in [2.75, 3.05) is 19.3 Å². The summed E-state index contributed by atoms with van der Waals surface area (Å²) in [5.41, 5.74) is -0.685. The number of sulfonamides is 1. The molecule has 0 spiro atoms. The predicted octanol–water partition coefficient (Wildman–Crippen LogP) is 2.38. The first-order valence-electron chi connectivity index (χ1n) is 7.82. The highest BCUT2D eigenvalue weighted by Gasteiger charge is 2.46. The first-order chi connectivity index (χ1) is 9.14. The van der Waals surface area contributed by atoms with E-state index < -0.39 is 15.6 Å². The second-order valence-electron chi connectivity index (χ2n) is 7.46. The van der Waals surface area contributed by atoms with Gasteiger partial charge in [0.25, 0.3) is 0 Å². The molecule has 1 aliphatic heterocycles. The number of hydrogen-bond acceptors (Lipinski definition) is 3. The van der Waals surface area contributed by atoms with E-state index in [2.05, 4.69) is 13.8 Å². The average Bonchev–Trinajstić information content (AvgIpc) is 2.32. The maximum Gasteiger partial charge on any atom is 0.211 e. The van der Waals surface area contributed by atoms with Crippen molar-refractivity contribution in [2.24, 2.45) is 11.3 Å². The molecule has 0 bridgehead atoms. The first-order valence-corrected chi connectivity index (χ1v) is 9.66. The molecule has 2 unspecified atom stereocenters. The molecule has 2 atom stereocenters. The van der Waals surface area contributed by atoms with Crippen LogP contribution in [0.15, 0.2) is 0 Å². The topological polar surface area (TPSA) is 57.6 Å². The number of nitrogens with zero attached hydrogens (tertiary/aromatic N) is 1. The molecule has 0 aromatic rings. The second kappa shape index (κ2) is 5.58. The Labute approximate surface area is 123 Å². The Hall–Kier alpha value is -0.130. The Kier molecular flexibility index (Phi) is 4.53. The normalized spacial score (nSPS) is 35.9. The maximum absolute atomic E-state index is 11.7. The van der Waals surface area contributed by atoms with Gasteiger partial charge in [-0.25, -0.2) is 12.7 Å². The Bertz CT molecular complexity index is 446. The molecule has 1 aliphatic carbocycles. The van der Waals surface area contributed by atoms with Gasteiger partial charge >= 0.3 is 0 Å². The van der Waals surface area contributed by atoms with Crippen molar-refractivity contribution in [3.63, 3.8) is 0 Å². The van der Waals surface area contributed by atoms with E-state index in [1.807, 2.05) is 0 Å². The van der Waals surface area contributed by atoms with Gasteiger partial charge in [-0.05, 0) is 43.4 Å². The van der Waals surface area contributed by atoms with Gasteiger partial charge in [-0.3, -0.25) is 0 Å². The summed E-state index contributed by atoms with van der Waals surface area (Å²) in [4.78, 5) is 0. The van der Waals surface area contributed by atoms with Crippen molar-refractivity contribution in [1.29, 1.82) is 0 Å². The average molecular weight is 303 g/mol. The largest absolute Gasteiger partial charge is 0.389 e. The molecule has 1 heterocycles. The van der Waals surface area contributed by atoms with Crippen LogP contribution in [0.5, 0.6) is 0 Å². The van der Waals surface area contributed by atoms with Crippen molar-refractivity contribution < 1.29 is 13.5 Å². The molecule has 118 valence electrons. The number of aliphatic hydroxyl groups is 1.